The molecule has 1 saturated heterocycles. The van der Waals surface area contributed by atoms with E-state index in [0.717, 1.165) is 22.4 Å². The van der Waals surface area contributed by atoms with Crippen LogP contribution in [-0.2, 0) is 11.4 Å². The molecule has 0 spiro atoms. The first-order valence-corrected chi connectivity index (χ1v) is 12.1. The Bertz CT molecular complexity index is 1190. The van der Waals surface area contributed by atoms with Crippen molar-refractivity contribution in [2.75, 3.05) is 38.0 Å². The van der Waals surface area contributed by atoms with E-state index in [1.54, 1.807) is 12.1 Å². The van der Waals surface area contributed by atoms with Crippen LogP contribution in [0, 0.1) is 13.8 Å². The molecule has 0 bridgehead atoms. The summed E-state index contributed by atoms with van der Waals surface area (Å²) in [7, 11) is 0. The monoisotopic (exact) mass is 491 g/mol. The second-order valence-electron chi connectivity index (χ2n) is 8.83. The van der Waals surface area contributed by atoms with Gasteiger partial charge in [0.2, 0.25) is 5.91 Å². The smallest absolute Gasteiger partial charge is 0.254 e. The average Bonchev–Trinajstić information content (AvgIpc) is 2.85. The van der Waals surface area contributed by atoms with E-state index in [9.17, 15) is 9.59 Å². The van der Waals surface area contributed by atoms with Gasteiger partial charge in [-0.3, -0.25) is 14.5 Å². The summed E-state index contributed by atoms with van der Waals surface area (Å²) in [5, 5.41) is 3.70. The summed E-state index contributed by atoms with van der Waals surface area (Å²) in [6.45, 7) is 7.11. The van der Waals surface area contributed by atoms with Crippen molar-refractivity contribution in [3.8, 4) is 5.75 Å². The van der Waals surface area contributed by atoms with Gasteiger partial charge >= 0.3 is 0 Å². The third kappa shape index (κ3) is 6.62. The number of hydrogen-bond donors (Lipinski definition) is 1. The Kier molecular flexibility index (Phi) is 8.06. The number of hydrogen-bond acceptors (Lipinski definition) is 4. The van der Waals surface area contributed by atoms with Crippen LogP contribution in [0.2, 0.25) is 5.02 Å². The number of para-hydroxylation sites is 1. The number of carbonyl (C=O) groups is 2. The molecule has 3 aromatic rings. The summed E-state index contributed by atoms with van der Waals surface area (Å²) in [5.74, 6) is 0.571. The van der Waals surface area contributed by atoms with Crippen molar-refractivity contribution in [2.45, 2.75) is 20.5 Å². The van der Waals surface area contributed by atoms with Crippen LogP contribution in [0.3, 0.4) is 0 Å². The molecule has 0 aliphatic carbocycles. The van der Waals surface area contributed by atoms with Gasteiger partial charge in [0, 0.05) is 42.5 Å². The Morgan fingerprint density at radius 1 is 0.914 bits per heavy atom. The lowest BCUT2D eigenvalue weighted by molar-refractivity contribution is -0.117. The fourth-order valence-corrected chi connectivity index (χ4v) is 4.41. The van der Waals surface area contributed by atoms with Crippen LogP contribution in [0.4, 0.5) is 5.69 Å². The van der Waals surface area contributed by atoms with E-state index in [0.29, 0.717) is 55.7 Å². The highest BCUT2D eigenvalue weighted by atomic mass is 35.5. The second-order valence-corrected chi connectivity index (χ2v) is 9.27. The van der Waals surface area contributed by atoms with Crippen molar-refractivity contribution in [2.24, 2.45) is 0 Å². The predicted molar refractivity (Wildman–Crippen MR) is 139 cm³/mol. The number of rotatable bonds is 7. The van der Waals surface area contributed by atoms with E-state index in [1.807, 2.05) is 73.3 Å². The maximum absolute atomic E-state index is 13.1. The van der Waals surface area contributed by atoms with Crippen LogP contribution in [0.15, 0.2) is 66.7 Å². The molecule has 1 N–H and O–H groups in total. The molecule has 0 saturated carbocycles. The number of anilines is 1. The Morgan fingerprint density at radius 3 is 2.31 bits per heavy atom. The van der Waals surface area contributed by atoms with E-state index in [1.165, 1.54) is 0 Å². The molecule has 1 fully saturated rings. The van der Waals surface area contributed by atoms with Crippen LogP contribution < -0.4 is 10.1 Å². The molecule has 0 unspecified atom stereocenters. The molecule has 0 radical (unpaired) electrons. The summed E-state index contributed by atoms with van der Waals surface area (Å²) in [6, 6.07) is 20.7. The maximum Gasteiger partial charge on any atom is 0.254 e. The molecule has 1 aliphatic rings. The first-order valence-electron chi connectivity index (χ1n) is 11.7. The number of benzene rings is 3. The zero-order valence-corrected chi connectivity index (χ0v) is 20.8. The molecule has 7 heteroatoms. The van der Waals surface area contributed by atoms with Gasteiger partial charge in [0.25, 0.3) is 5.91 Å². The summed E-state index contributed by atoms with van der Waals surface area (Å²) >= 11 is 6.03. The minimum Gasteiger partial charge on any atom is -0.489 e. The summed E-state index contributed by atoms with van der Waals surface area (Å²) in [5.41, 5.74) is 4.53. The number of nitrogens with zero attached hydrogens (tertiary/aromatic N) is 2. The van der Waals surface area contributed by atoms with Crippen LogP contribution in [0.5, 0.6) is 5.75 Å². The molecule has 2 amide bonds. The van der Waals surface area contributed by atoms with Crippen LogP contribution in [-0.4, -0.2) is 54.3 Å². The van der Waals surface area contributed by atoms with Crippen molar-refractivity contribution < 1.29 is 14.3 Å². The fourth-order valence-electron chi connectivity index (χ4n) is 4.20. The number of piperazine rings is 1. The molecule has 1 heterocycles. The van der Waals surface area contributed by atoms with Gasteiger partial charge in [0.1, 0.15) is 12.4 Å². The van der Waals surface area contributed by atoms with E-state index in [-0.39, 0.29) is 11.8 Å². The Morgan fingerprint density at radius 2 is 1.60 bits per heavy atom. The molecule has 3 aromatic carbocycles. The van der Waals surface area contributed by atoms with E-state index in [2.05, 4.69) is 10.2 Å². The Hall–Kier alpha value is -3.35. The third-order valence-corrected chi connectivity index (χ3v) is 6.38. The summed E-state index contributed by atoms with van der Waals surface area (Å²) in [6.07, 6.45) is 0. The standard InChI is InChI=1S/C28H30ClN3O3/c1-20-6-3-7-21(2)27(20)30-26(33)18-31-12-14-32(15-13-31)28(34)23-9-5-11-25(17-23)35-19-22-8-4-10-24(29)16-22/h3-11,16-17H,12-15,18-19H2,1-2H3,(H,30,33). The highest BCUT2D eigenvalue weighted by Crippen LogP contribution is 2.20. The molecular formula is C28H30ClN3O3. The lowest BCUT2D eigenvalue weighted by Gasteiger charge is -2.34. The molecule has 6 nitrogen and oxygen atoms in total. The maximum atomic E-state index is 13.1. The minimum atomic E-state index is -0.0354. The zero-order valence-electron chi connectivity index (χ0n) is 20.1. The number of carbonyl (C=O) groups excluding carboxylic acids is 2. The van der Waals surface area contributed by atoms with Crippen molar-refractivity contribution >= 4 is 29.1 Å². The zero-order chi connectivity index (χ0) is 24.8. The number of amides is 2. The molecule has 4 rings (SSSR count). The molecule has 1 aliphatic heterocycles. The Balaban J connectivity index is 1.28. The SMILES string of the molecule is Cc1cccc(C)c1NC(=O)CN1CCN(C(=O)c2cccc(OCc3cccc(Cl)c3)c2)CC1. The van der Waals surface area contributed by atoms with Gasteiger partial charge in [0.05, 0.1) is 6.54 Å². The molecule has 0 atom stereocenters. The summed E-state index contributed by atoms with van der Waals surface area (Å²) < 4.78 is 5.87. The lowest BCUT2D eigenvalue weighted by atomic mass is 10.1. The molecule has 182 valence electrons. The van der Waals surface area contributed by atoms with Gasteiger partial charge in [0.15, 0.2) is 0 Å². The van der Waals surface area contributed by atoms with Gasteiger partial charge < -0.3 is 15.0 Å². The highest BCUT2D eigenvalue weighted by molar-refractivity contribution is 6.30. The van der Waals surface area contributed by atoms with Gasteiger partial charge in [-0.2, -0.15) is 0 Å². The number of aryl methyl sites for hydroxylation is 2. The fraction of sp³-hybridized carbons (Fsp3) is 0.286. The quantitative estimate of drug-likeness (QED) is 0.509. The van der Waals surface area contributed by atoms with Gasteiger partial charge in [-0.25, -0.2) is 0 Å². The van der Waals surface area contributed by atoms with E-state index >= 15 is 0 Å². The number of nitrogens with one attached hydrogen (secondary N) is 1. The first kappa shape index (κ1) is 24.8. The average molecular weight is 492 g/mol. The van der Waals surface area contributed by atoms with Crippen LogP contribution in [0.25, 0.3) is 0 Å². The predicted octanol–water partition coefficient (Wildman–Crippen LogP) is 4.93. The van der Waals surface area contributed by atoms with Crippen molar-refractivity contribution in [3.05, 3.63) is 94.0 Å². The topological polar surface area (TPSA) is 61.9 Å². The van der Waals surface area contributed by atoms with E-state index < -0.39 is 0 Å². The lowest BCUT2D eigenvalue weighted by Crippen LogP contribution is -2.50. The second kappa shape index (κ2) is 11.4. The largest absolute Gasteiger partial charge is 0.489 e. The van der Waals surface area contributed by atoms with Gasteiger partial charge in [-0.15, -0.1) is 0 Å². The van der Waals surface area contributed by atoms with Crippen molar-refractivity contribution in [3.63, 3.8) is 0 Å². The summed E-state index contributed by atoms with van der Waals surface area (Å²) in [4.78, 5) is 29.6. The van der Waals surface area contributed by atoms with Gasteiger partial charge in [-0.1, -0.05) is 48.0 Å². The van der Waals surface area contributed by atoms with Crippen LogP contribution >= 0.6 is 11.6 Å². The number of halogens is 1. The van der Waals surface area contributed by atoms with Crippen molar-refractivity contribution in [1.29, 1.82) is 0 Å². The molecule has 35 heavy (non-hydrogen) atoms. The highest BCUT2D eigenvalue weighted by Gasteiger charge is 2.24. The van der Waals surface area contributed by atoms with Crippen molar-refractivity contribution in [1.82, 2.24) is 9.80 Å². The first-order chi connectivity index (χ1) is 16.9. The number of ether oxygens (including phenoxy) is 1. The van der Waals surface area contributed by atoms with E-state index in [4.69, 9.17) is 16.3 Å². The normalized spacial score (nSPS) is 14.0. The molecular weight excluding hydrogens is 462 g/mol. The molecule has 0 aromatic heterocycles. The van der Waals surface area contributed by atoms with Gasteiger partial charge in [-0.05, 0) is 60.9 Å². The Labute approximate surface area is 211 Å². The van der Waals surface area contributed by atoms with Crippen LogP contribution in [0.1, 0.15) is 27.0 Å². The minimum absolute atomic E-state index is 0.0298. The third-order valence-electron chi connectivity index (χ3n) is 6.15.